The molecule has 5 rings (SSSR count). The number of carbonyl (C=O) groups is 3. The average Bonchev–Trinajstić information content (AvgIpc) is 3.17. The summed E-state index contributed by atoms with van der Waals surface area (Å²) in [5.41, 5.74) is 3.26. The van der Waals surface area contributed by atoms with Crippen LogP contribution in [-0.4, -0.2) is 28.5 Å². The number of rotatable bonds is 2. The van der Waals surface area contributed by atoms with E-state index >= 15 is 0 Å². The van der Waals surface area contributed by atoms with Gasteiger partial charge in [-0.15, -0.1) is 0 Å². The zero-order chi connectivity index (χ0) is 20.4. The second-order valence-corrected chi connectivity index (χ2v) is 8.32. The molecule has 0 spiro atoms. The van der Waals surface area contributed by atoms with Crippen molar-refractivity contribution in [2.75, 3.05) is 4.90 Å². The molecule has 2 saturated heterocycles. The minimum absolute atomic E-state index is 0.114. The third kappa shape index (κ3) is 2.43. The van der Waals surface area contributed by atoms with Gasteiger partial charge in [-0.3, -0.25) is 14.4 Å². The van der Waals surface area contributed by atoms with Gasteiger partial charge in [-0.1, -0.05) is 41.9 Å². The lowest BCUT2D eigenvalue weighted by Crippen LogP contribution is -2.43. The number of Topliss-reactive ketones (excluding diaryl/α,β-unsaturated/α-hetero) is 1. The van der Waals surface area contributed by atoms with Gasteiger partial charge in [-0.25, -0.2) is 4.90 Å². The number of nitrogens with zero attached hydrogens (tertiary/aromatic N) is 2. The van der Waals surface area contributed by atoms with E-state index in [1.165, 1.54) is 11.8 Å². The van der Waals surface area contributed by atoms with E-state index in [0.717, 1.165) is 16.7 Å². The van der Waals surface area contributed by atoms with Crippen LogP contribution in [0.25, 0.3) is 6.08 Å². The van der Waals surface area contributed by atoms with Crippen molar-refractivity contribution in [1.82, 2.24) is 4.90 Å². The summed E-state index contributed by atoms with van der Waals surface area (Å²) in [4.78, 5) is 42.8. The average molecular weight is 407 g/mol. The SMILES string of the molecule is CC(=O)[C@@H]1[C@@H]2C(=O)N(c3cc(Cl)ccc3C)C(=O)[C@H]2[C@@H]2c3ccccc3C=CN12. The van der Waals surface area contributed by atoms with Gasteiger partial charge in [0, 0.05) is 11.2 Å². The molecule has 0 N–H and O–H groups in total. The lowest BCUT2D eigenvalue weighted by atomic mass is 9.84. The molecule has 3 aliphatic rings. The van der Waals surface area contributed by atoms with E-state index in [1.54, 1.807) is 18.2 Å². The van der Waals surface area contributed by atoms with Crippen LogP contribution < -0.4 is 4.90 Å². The van der Waals surface area contributed by atoms with Gasteiger partial charge >= 0.3 is 0 Å². The monoisotopic (exact) mass is 406 g/mol. The fourth-order valence-electron chi connectivity index (χ4n) is 5.08. The number of hydrogen-bond donors (Lipinski definition) is 0. The summed E-state index contributed by atoms with van der Waals surface area (Å²) in [5, 5.41) is 0.457. The molecule has 0 bridgehead atoms. The van der Waals surface area contributed by atoms with E-state index in [4.69, 9.17) is 11.6 Å². The highest BCUT2D eigenvalue weighted by molar-refractivity contribution is 6.31. The molecule has 2 aromatic carbocycles. The molecule has 146 valence electrons. The highest BCUT2D eigenvalue weighted by atomic mass is 35.5. The Balaban J connectivity index is 1.67. The summed E-state index contributed by atoms with van der Waals surface area (Å²) in [6, 6.07) is 12.0. The van der Waals surface area contributed by atoms with Crippen LogP contribution in [0.1, 0.15) is 29.7 Å². The molecule has 3 aliphatic heterocycles. The Hall–Kier alpha value is -2.92. The summed E-state index contributed by atoms with van der Waals surface area (Å²) in [6.07, 6.45) is 3.80. The van der Waals surface area contributed by atoms with Crippen molar-refractivity contribution in [3.63, 3.8) is 0 Å². The van der Waals surface area contributed by atoms with Gasteiger partial charge in [0.1, 0.15) is 0 Å². The third-order valence-corrected chi connectivity index (χ3v) is 6.53. The number of ketones is 1. The Morgan fingerprint density at radius 2 is 1.76 bits per heavy atom. The van der Waals surface area contributed by atoms with Crippen molar-refractivity contribution in [1.29, 1.82) is 0 Å². The number of hydrogen-bond acceptors (Lipinski definition) is 4. The minimum atomic E-state index is -0.709. The summed E-state index contributed by atoms with van der Waals surface area (Å²) in [5.74, 6) is -2.03. The van der Waals surface area contributed by atoms with Crippen LogP contribution in [-0.2, 0) is 14.4 Å². The first-order chi connectivity index (χ1) is 13.9. The molecule has 0 aliphatic carbocycles. The van der Waals surface area contributed by atoms with E-state index in [9.17, 15) is 14.4 Å². The fourth-order valence-corrected chi connectivity index (χ4v) is 5.25. The molecule has 3 heterocycles. The van der Waals surface area contributed by atoms with Gasteiger partial charge in [-0.05, 0) is 48.7 Å². The predicted octanol–water partition coefficient (Wildman–Crippen LogP) is 3.75. The summed E-state index contributed by atoms with van der Waals surface area (Å²) >= 11 is 6.15. The van der Waals surface area contributed by atoms with Crippen molar-refractivity contribution in [3.05, 3.63) is 70.4 Å². The minimum Gasteiger partial charge on any atom is -0.359 e. The van der Waals surface area contributed by atoms with E-state index < -0.39 is 17.9 Å². The van der Waals surface area contributed by atoms with Crippen molar-refractivity contribution in [2.24, 2.45) is 11.8 Å². The van der Waals surface area contributed by atoms with Crippen molar-refractivity contribution in [2.45, 2.75) is 25.9 Å². The zero-order valence-electron chi connectivity index (χ0n) is 16.0. The molecule has 0 aromatic heterocycles. The van der Waals surface area contributed by atoms with Gasteiger partial charge in [0.05, 0.1) is 29.6 Å². The maximum absolute atomic E-state index is 13.6. The molecular weight excluding hydrogens is 388 g/mol. The van der Waals surface area contributed by atoms with Crippen LogP contribution in [0.5, 0.6) is 0 Å². The smallest absolute Gasteiger partial charge is 0.240 e. The molecule has 0 radical (unpaired) electrons. The second kappa shape index (κ2) is 6.29. The molecule has 4 atom stereocenters. The number of anilines is 1. The molecule has 29 heavy (non-hydrogen) atoms. The Labute approximate surface area is 173 Å². The quantitative estimate of drug-likeness (QED) is 0.713. The highest BCUT2D eigenvalue weighted by Crippen LogP contribution is 2.53. The van der Waals surface area contributed by atoms with Crippen LogP contribution in [0.2, 0.25) is 5.02 Å². The van der Waals surface area contributed by atoms with Crippen LogP contribution in [0.15, 0.2) is 48.7 Å². The van der Waals surface area contributed by atoms with Crippen LogP contribution in [0.4, 0.5) is 5.69 Å². The number of halogens is 1. The summed E-state index contributed by atoms with van der Waals surface area (Å²) in [6.45, 7) is 3.33. The molecular formula is C23H19ClN2O3. The largest absolute Gasteiger partial charge is 0.359 e. The van der Waals surface area contributed by atoms with Crippen molar-refractivity contribution < 1.29 is 14.4 Å². The maximum atomic E-state index is 13.6. The standard InChI is InChI=1S/C23H19ClN2O3/c1-12-7-8-15(24)11-17(12)26-22(28)18-19(23(26)29)21-16-6-4-3-5-14(16)9-10-25(21)20(18)13(2)27/h3-11,18-21H,1-2H3/t18-,19-,20-,21+/m1/s1. The first kappa shape index (κ1) is 18.1. The van der Waals surface area contributed by atoms with Gasteiger partial charge in [0.15, 0.2) is 5.78 Å². The fraction of sp³-hybridized carbons (Fsp3) is 0.261. The number of amides is 2. The Bertz CT molecular complexity index is 1110. The number of imide groups is 1. The number of carbonyl (C=O) groups excluding carboxylic acids is 3. The number of fused-ring (bicyclic) bond motifs is 5. The Morgan fingerprint density at radius 3 is 2.52 bits per heavy atom. The molecule has 5 nitrogen and oxygen atoms in total. The number of aryl methyl sites for hydroxylation is 1. The molecule has 2 fully saturated rings. The first-order valence-electron chi connectivity index (χ1n) is 9.59. The normalized spacial score (nSPS) is 27.1. The van der Waals surface area contributed by atoms with Crippen LogP contribution >= 0.6 is 11.6 Å². The summed E-state index contributed by atoms with van der Waals surface area (Å²) < 4.78 is 0. The molecule has 0 unspecified atom stereocenters. The summed E-state index contributed by atoms with van der Waals surface area (Å²) in [7, 11) is 0. The third-order valence-electron chi connectivity index (χ3n) is 6.29. The lowest BCUT2D eigenvalue weighted by molar-refractivity contribution is -0.129. The van der Waals surface area contributed by atoms with E-state index in [1.807, 2.05) is 48.4 Å². The second-order valence-electron chi connectivity index (χ2n) is 7.89. The predicted molar refractivity (Wildman–Crippen MR) is 110 cm³/mol. The van der Waals surface area contributed by atoms with Gasteiger partial charge in [0.25, 0.3) is 0 Å². The maximum Gasteiger partial charge on any atom is 0.240 e. The molecule has 2 aromatic rings. The number of benzene rings is 2. The van der Waals surface area contributed by atoms with Gasteiger partial charge < -0.3 is 4.90 Å². The van der Waals surface area contributed by atoms with Crippen molar-refractivity contribution in [3.8, 4) is 0 Å². The zero-order valence-corrected chi connectivity index (χ0v) is 16.8. The molecule has 0 saturated carbocycles. The Morgan fingerprint density at radius 1 is 1.03 bits per heavy atom. The molecule has 6 heteroatoms. The van der Waals surface area contributed by atoms with Crippen LogP contribution in [0.3, 0.4) is 0 Å². The van der Waals surface area contributed by atoms with Crippen molar-refractivity contribution >= 4 is 41.0 Å². The van der Waals surface area contributed by atoms with Gasteiger partial charge in [-0.2, -0.15) is 0 Å². The van der Waals surface area contributed by atoms with E-state index in [-0.39, 0.29) is 23.6 Å². The lowest BCUT2D eigenvalue weighted by Gasteiger charge is -2.35. The Kier molecular flexibility index (Phi) is 3.93. The van der Waals surface area contributed by atoms with Crippen LogP contribution in [0, 0.1) is 18.8 Å². The topological polar surface area (TPSA) is 57.7 Å². The van der Waals surface area contributed by atoms with Gasteiger partial charge in [0.2, 0.25) is 11.8 Å². The highest BCUT2D eigenvalue weighted by Gasteiger charge is 2.64. The molecule has 2 amide bonds. The first-order valence-corrected chi connectivity index (χ1v) is 9.97. The van der Waals surface area contributed by atoms with E-state index in [0.29, 0.717) is 10.7 Å². The van der Waals surface area contributed by atoms with E-state index in [2.05, 4.69) is 0 Å².